The summed E-state index contributed by atoms with van der Waals surface area (Å²) in [5.41, 5.74) is 0.233. The Labute approximate surface area is 124 Å². The molecule has 0 aromatic heterocycles. The minimum Gasteiger partial charge on any atom is -0.381 e. The number of ether oxygens (including phenoxy) is 1. The van der Waals surface area contributed by atoms with Crippen molar-refractivity contribution in [2.45, 2.75) is 25.3 Å². The molecule has 2 rings (SSSR count). The summed E-state index contributed by atoms with van der Waals surface area (Å²) < 4.78 is 18.9. The molecule has 1 heterocycles. The second-order valence-electron chi connectivity index (χ2n) is 5.08. The average molecular weight is 289 g/mol. The third-order valence-corrected chi connectivity index (χ3v) is 3.64. The molecule has 0 aliphatic carbocycles. The Morgan fingerprint density at radius 3 is 2.76 bits per heavy atom. The minimum atomic E-state index is -0.558. The zero-order valence-electron chi connectivity index (χ0n) is 12.1. The summed E-state index contributed by atoms with van der Waals surface area (Å²) in [6.45, 7) is 2.99. The van der Waals surface area contributed by atoms with Gasteiger partial charge >= 0.3 is 0 Å². The van der Waals surface area contributed by atoms with Gasteiger partial charge in [0.15, 0.2) is 0 Å². The van der Waals surface area contributed by atoms with Crippen LogP contribution < -0.4 is 5.32 Å². The van der Waals surface area contributed by atoms with E-state index < -0.39 is 5.54 Å². The molecular formula is C17H20FNO2. The molecule has 4 heteroatoms. The fraction of sp³-hybridized carbons (Fsp3) is 0.353. The molecule has 0 radical (unpaired) electrons. The van der Waals surface area contributed by atoms with Gasteiger partial charge in [-0.1, -0.05) is 30.4 Å². The quantitative estimate of drug-likeness (QED) is 0.683. The first-order valence-electron chi connectivity index (χ1n) is 7.11. The van der Waals surface area contributed by atoms with Crippen LogP contribution in [0.2, 0.25) is 0 Å². The Morgan fingerprint density at radius 1 is 1.33 bits per heavy atom. The summed E-state index contributed by atoms with van der Waals surface area (Å²) >= 11 is 0. The molecule has 21 heavy (non-hydrogen) atoms. The van der Waals surface area contributed by atoms with E-state index in [-0.39, 0.29) is 11.7 Å². The summed E-state index contributed by atoms with van der Waals surface area (Å²) in [4.78, 5) is 12.1. The van der Waals surface area contributed by atoms with Crippen molar-refractivity contribution >= 4 is 5.91 Å². The van der Waals surface area contributed by atoms with E-state index in [1.165, 1.54) is 18.2 Å². The predicted octanol–water partition coefficient (Wildman–Crippen LogP) is 3.08. The number of rotatable bonds is 4. The molecule has 0 unspecified atom stereocenters. The van der Waals surface area contributed by atoms with Crippen LogP contribution >= 0.6 is 0 Å². The zero-order chi connectivity index (χ0) is 15.1. The molecular weight excluding hydrogens is 269 g/mol. The van der Waals surface area contributed by atoms with Crippen molar-refractivity contribution < 1.29 is 13.9 Å². The van der Waals surface area contributed by atoms with E-state index in [0.717, 1.165) is 5.56 Å². The monoisotopic (exact) mass is 289 g/mol. The smallest absolute Gasteiger partial charge is 0.244 e. The van der Waals surface area contributed by atoms with Crippen LogP contribution in [0.5, 0.6) is 0 Å². The van der Waals surface area contributed by atoms with Crippen molar-refractivity contribution in [2.24, 2.45) is 0 Å². The van der Waals surface area contributed by atoms with Gasteiger partial charge in [0.2, 0.25) is 5.91 Å². The number of amides is 1. The molecule has 0 saturated carbocycles. The fourth-order valence-corrected chi connectivity index (χ4v) is 2.52. The number of allylic oxidation sites excluding steroid dienone is 3. The number of halogens is 1. The maximum absolute atomic E-state index is 13.5. The molecule has 0 bridgehead atoms. The molecule has 1 aromatic carbocycles. The van der Waals surface area contributed by atoms with Crippen molar-refractivity contribution in [3.05, 3.63) is 60.0 Å². The first-order valence-corrected chi connectivity index (χ1v) is 7.11. The summed E-state index contributed by atoms with van der Waals surface area (Å²) in [6, 6.07) is 6.42. The molecule has 1 saturated heterocycles. The van der Waals surface area contributed by atoms with Crippen LogP contribution in [0, 0.1) is 5.82 Å². The number of carbonyl (C=O) groups is 1. The summed E-state index contributed by atoms with van der Waals surface area (Å²) in [7, 11) is 0. The van der Waals surface area contributed by atoms with Gasteiger partial charge in [-0.2, -0.15) is 0 Å². The van der Waals surface area contributed by atoms with Gasteiger partial charge in [-0.25, -0.2) is 4.39 Å². The maximum Gasteiger partial charge on any atom is 0.244 e. The highest BCUT2D eigenvalue weighted by atomic mass is 19.1. The summed E-state index contributed by atoms with van der Waals surface area (Å²) in [5.74, 6) is -0.476. The van der Waals surface area contributed by atoms with Crippen molar-refractivity contribution in [1.82, 2.24) is 5.32 Å². The number of hydrogen-bond donors (Lipinski definition) is 1. The largest absolute Gasteiger partial charge is 0.381 e. The van der Waals surface area contributed by atoms with E-state index >= 15 is 0 Å². The van der Waals surface area contributed by atoms with Crippen LogP contribution in [0.1, 0.15) is 25.3 Å². The number of benzene rings is 1. The second-order valence-corrected chi connectivity index (χ2v) is 5.08. The van der Waals surface area contributed by atoms with Crippen LogP contribution in [0.4, 0.5) is 4.39 Å². The Kier molecular flexibility index (Phi) is 5.28. The number of carbonyl (C=O) groups excluding carboxylic acids is 1. The van der Waals surface area contributed by atoms with Gasteiger partial charge in [-0.05, 0) is 37.5 Å². The van der Waals surface area contributed by atoms with E-state index in [4.69, 9.17) is 4.74 Å². The summed E-state index contributed by atoms with van der Waals surface area (Å²) in [6.07, 6.45) is 8.09. The Bertz CT molecular complexity index is 545. The van der Waals surface area contributed by atoms with Crippen LogP contribution in [-0.4, -0.2) is 19.1 Å². The highest BCUT2D eigenvalue weighted by Crippen LogP contribution is 2.32. The van der Waals surface area contributed by atoms with E-state index in [9.17, 15) is 9.18 Å². The molecule has 1 aliphatic heterocycles. The third kappa shape index (κ3) is 4.02. The lowest BCUT2D eigenvalue weighted by Crippen LogP contribution is -2.49. The second kappa shape index (κ2) is 7.18. The molecule has 0 atom stereocenters. The number of nitrogens with one attached hydrogen (secondary N) is 1. The topological polar surface area (TPSA) is 38.3 Å². The Hall–Kier alpha value is -1.94. The predicted molar refractivity (Wildman–Crippen MR) is 80.2 cm³/mol. The first-order chi connectivity index (χ1) is 10.2. The van der Waals surface area contributed by atoms with Gasteiger partial charge < -0.3 is 10.1 Å². The van der Waals surface area contributed by atoms with Gasteiger partial charge in [0.1, 0.15) is 5.82 Å². The lowest BCUT2D eigenvalue weighted by molar-refractivity contribution is -0.119. The highest BCUT2D eigenvalue weighted by Gasteiger charge is 2.35. The number of hydrogen-bond acceptors (Lipinski definition) is 2. The SMILES string of the molecule is CC=CC=CC(=O)NC1(c2cccc(F)c2)CCOCC1. The molecule has 1 aliphatic rings. The Balaban J connectivity index is 2.23. The van der Waals surface area contributed by atoms with Gasteiger partial charge in [-0.3, -0.25) is 4.79 Å². The van der Waals surface area contributed by atoms with Crippen LogP contribution in [0.3, 0.4) is 0 Å². The first kappa shape index (κ1) is 15.4. The van der Waals surface area contributed by atoms with Crippen LogP contribution in [0.15, 0.2) is 48.6 Å². The highest BCUT2D eigenvalue weighted by molar-refractivity contribution is 5.88. The van der Waals surface area contributed by atoms with E-state index in [0.29, 0.717) is 26.1 Å². The summed E-state index contributed by atoms with van der Waals surface area (Å²) in [5, 5.41) is 3.03. The third-order valence-electron chi connectivity index (χ3n) is 3.64. The van der Waals surface area contributed by atoms with E-state index in [1.54, 1.807) is 18.2 Å². The van der Waals surface area contributed by atoms with E-state index in [1.807, 2.05) is 19.1 Å². The van der Waals surface area contributed by atoms with Crippen molar-refractivity contribution in [3.63, 3.8) is 0 Å². The molecule has 112 valence electrons. The lowest BCUT2D eigenvalue weighted by atomic mass is 9.82. The van der Waals surface area contributed by atoms with Gasteiger partial charge in [0, 0.05) is 19.3 Å². The molecule has 1 N–H and O–H groups in total. The van der Waals surface area contributed by atoms with Crippen molar-refractivity contribution in [3.8, 4) is 0 Å². The van der Waals surface area contributed by atoms with E-state index in [2.05, 4.69) is 5.32 Å². The van der Waals surface area contributed by atoms with Crippen molar-refractivity contribution in [1.29, 1.82) is 0 Å². The molecule has 1 amide bonds. The average Bonchev–Trinajstić information content (AvgIpc) is 2.48. The molecule has 3 nitrogen and oxygen atoms in total. The molecule has 0 spiro atoms. The standard InChI is InChI=1S/C17H20FNO2/c1-2-3-4-8-16(20)19-17(9-11-21-12-10-17)14-6-5-7-15(18)13-14/h2-8,13H,9-12H2,1H3,(H,19,20). The lowest BCUT2D eigenvalue weighted by Gasteiger charge is -2.38. The van der Waals surface area contributed by atoms with Gasteiger partial charge in [-0.15, -0.1) is 0 Å². The fourth-order valence-electron chi connectivity index (χ4n) is 2.52. The minimum absolute atomic E-state index is 0.181. The van der Waals surface area contributed by atoms with Gasteiger partial charge in [0.25, 0.3) is 0 Å². The molecule has 1 aromatic rings. The Morgan fingerprint density at radius 2 is 2.10 bits per heavy atom. The maximum atomic E-state index is 13.5. The normalized spacial score (nSPS) is 18.2. The van der Waals surface area contributed by atoms with Crippen LogP contribution in [0.25, 0.3) is 0 Å². The van der Waals surface area contributed by atoms with Crippen LogP contribution in [-0.2, 0) is 15.1 Å². The van der Waals surface area contributed by atoms with Crippen molar-refractivity contribution in [2.75, 3.05) is 13.2 Å². The zero-order valence-corrected chi connectivity index (χ0v) is 12.1. The molecule has 1 fully saturated rings. The van der Waals surface area contributed by atoms with Gasteiger partial charge in [0.05, 0.1) is 5.54 Å².